The Balaban J connectivity index is 1.91. The van der Waals surface area contributed by atoms with Crippen molar-refractivity contribution in [1.82, 2.24) is 9.97 Å². The largest absolute Gasteiger partial charge is 0.481 e. The number of halogens is 1. The maximum Gasteiger partial charge on any atom is 0.153 e. The van der Waals surface area contributed by atoms with E-state index >= 15 is 0 Å². The molecule has 0 unspecified atom stereocenters. The van der Waals surface area contributed by atoms with Crippen molar-refractivity contribution < 1.29 is 4.74 Å². The van der Waals surface area contributed by atoms with Crippen molar-refractivity contribution >= 4 is 22.6 Å². The van der Waals surface area contributed by atoms with Crippen molar-refractivity contribution in [3.8, 4) is 5.75 Å². The van der Waals surface area contributed by atoms with Gasteiger partial charge >= 0.3 is 0 Å². The maximum absolute atomic E-state index is 6.10. The van der Waals surface area contributed by atoms with Crippen molar-refractivity contribution in [2.75, 3.05) is 0 Å². The second kappa shape index (κ2) is 5.17. The summed E-state index contributed by atoms with van der Waals surface area (Å²) in [5, 5.41) is 0.603. The van der Waals surface area contributed by atoms with Gasteiger partial charge in [-0.1, -0.05) is 35.9 Å². The molecule has 102 valence electrons. The minimum atomic E-state index is -0.193. The summed E-state index contributed by atoms with van der Waals surface area (Å²) >= 11 is 6.10. The van der Waals surface area contributed by atoms with Crippen molar-refractivity contribution in [3.63, 3.8) is 0 Å². The zero-order chi connectivity index (χ0) is 14.1. The lowest BCUT2D eigenvalue weighted by molar-refractivity contribution is 0.218. The van der Waals surface area contributed by atoms with Gasteiger partial charge in [0.2, 0.25) is 0 Å². The Bertz CT molecular complexity index is 751. The second-order valence-corrected chi connectivity index (χ2v) is 5.19. The summed E-state index contributed by atoms with van der Waals surface area (Å²) in [4.78, 5) is 7.91. The highest BCUT2D eigenvalue weighted by Gasteiger charge is 2.14. The molecule has 0 saturated heterocycles. The number of H-pyrrole nitrogens is 1. The Kier molecular flexibility index (Phi) is 3.36. The minimum absolute atomic E-state index is 0.193. The number of hydrogen-bond donors (Lipinski definition) is 1. The van der Waals surface area contributed by atoms with Crippen LogP contribution in [-0.2, 0) is 0 Å². The molecule has 3 nitrogen and oxygen atoms in total. The highest BCUT2D eigenvalue weighted by Crippen LogP contribution is 2.28. The van der Waals surface area contributed by atoms with Crippen LogP contribution in [0, 0.1) is 6.92 Å². The predicted molar refractivity (Wildman–Crippen MR) is 81.3 cm³/mol. The van der Waals surface area contributed by atoms with Gasteiger partial charge in [0.25, 0.3) is 0 Å². The molecule has 0 saturated carbocycles. The van der Waals surface area contributed by atoms with E-state index < -0.39 is 0 Å². The topological polar surface area (TPSA) is 37.9 Å². The number of benzene rings is 2. The predicted octanol–water partition coefficient (Wildman–Crippen LogP) is 4.66. The van der Waals surface area contributed by atoms with Gasteiger partial charge in [-0.2, -0.15) is 0 Å². The average molecular weight is 287 g/mol. The standard InChI is InChI=1S/C16H15ClN2O/c1-10-6-5-8-13-15(10)19-16(18-13)11(2)20-14-9-4-3-7-12(14)17/h3-9,11H,1-2H3,(H,18,19)/t11-/m0/s1. The van der Waals surface area contributed by atoms with Gasteiger partial charge in [-0.15, -0.1) is 0 Å². The van der Waals surface area contributed by atoms with Crippen molar-refractivity contribution in [1.29, 1.82) is 0 Å². The number of hydrogen-bond acceptors (Lipinski definition) is 2. The van der Waals surface area contributed by atoms with Gasteiger partial charge in [-0.3, -0.25) is 0 Å². The van der Waals surface area contributed by atoms with Crippen LogP contribution in [-0.4, -0.2) is 9.97 Å². The lowest BCUT2D eigenvalue weighted by Crippen LogP contribution is -2.05. The molecule has 3 rings (SSSR count). The Morgan fingerprint density at radius 2 is 1.95 bits per heavy atom. The van der Waals surface area contributed by atoms with Gasteiger partial charge in [0.05, 0.1) is 16.1 Å². The highest BCUT2D eigenvalue weighted by atomic mass is 35.5. The maximum atomic E-state index is 6.10. The molecule has 0 aliphatic rings. The molecule has 0 aliphatic heterocycles. The summed E-state index contributed by atoms with van der Waals surface area (Å²) in [6, 6.07) is 13.5. The molecule has 0 fully saturated rings. The molecular weight excluding hydrogens is 272 g/mol. The Hall–Kier alpha value is -2.00. The molecule has 1 N–H and O–H groups in total. The third-order valence-electron chi connectivity index (χ3n) is 3.26. The van der Waals surface area contributed by atoms with Gasteiger partial charge in [-0.25, -0.2) is 4.98 Å². The molecule has 4 heteroatoms. The monoisotopic (exact) mass is 286 g/mol. The fraction of sp³-hybridized carbons (Fsp3) is 0.188. The fourth-order valence-corrected chi connectivity index (χ4v) is 2.35. The average Bonchev–Trinajstić information content (AvgIpc) is 2.87. The van der Waals surface area contributed by atoms with E-state index in [2.05, 4.69) is 9.97 Å². The summed E-state index contributed by atoms with van der Waals surface area (Å²) in [6.45, 7) is 4.00. The minimum Gasteiger partial charge on any atom is -0.481 e. The first-order valence-electron chi connectivity index (χ1n) is 6.51. The van der Waals surface area contributed by atoms with Crippen molar-refractivity contribution in [3.05, 3.63) is 58.9 Å². The molecule has 0 bridgehead atoms. The summed E-state index contributed by atoms with van der Waals surface area (Å²) in [7, 11) is 0. The summed E-state index contributed by atoms with van der Waals surface area (Å²) in [6.07, 6.45) is -0.193. The number of ether oxygens (including phenoxy) is 1. The lowest BCUT2D eigenvalue weighted by Gasteiger charge is -2.13. The van der Waals surface area contributed by atoms with E-state index in [-0.39, 0.29) is 6.10 Å². The number of fused-ring (bicyclic) bond motifs is 1. The Labute approximate surface area is 122 Å². The van der Waals surface area contributed by atoms with E-state index in [9.17, 15) is 0 Å². The van der Waals surface area contributed by atoms with Crippen LogP contribution in [0.25, 0.3) is 11.0 Å². The number of imidazole rings is 1. The molecule has 0 radical (unpaired) electrons. The molecule has 20 heavy (non-hydrogen) atoms. The second-order valence-electron chi connectivity index (χ2n) is 4.78. The zero-order valence-corrected chi connectivity index (χ0v) is 12.1. The molecule has 0 amide bonds. The van der Waals surface area contributed by atoms with Crippen LogP contribution in [0.15, 0.2) is 42.5 Å². The molecule has 2 aromatic carbocycles. The number of aromatic nitrogens is 2. The number of aromatic amines is 1. The number of aryl methyl sites for hydroxylation is 1. The first kappa shape index (κ1) is 13.0. The van der Waals surface area contributed by atoms with Gasteiger partial charge in [0.1, 0.15) is 11.6 Å². The highest BCUT2D eigenvalue weighted by molar-refractivity contribution is 6.32. The van der Waals surface area contributed by atoms with Crippen LogP contribution in [0.5, 0.6) is 5.75 Å². The van der Waals surface area contributed by atoms with E-state index in [0.717, 1.165) is 22.4 Å². The third-order valence-corrected chi connectivity index (χ3v) is 3.57. The molecule has 0 aliphatic carbocycles. The normalized spacial score (nSPS) is 12.6. The fourth-order valence-electron chi connectivity index (χ4n) is 2.17. The van der Waals surface area contributed by atoms with Crippen LogP contribution in [0.1, 0.15) is 24.4 Å². The van der Waals surface area contributed by atoms with Crippen molar-refractivity contribution in [2.45, 2.75) is 20.0 Å². The van der Waals surface area contributed by atoms with Gasteiger partial charge in [0.15, 0.2) is 6.10 Å². The molecular formula is C16H15ClN2O. The van der Waals surface area contributed by atoms with E-state index in [1.54, 1.807) is 0 Å². The van der Waals surface area contributed by atoms with E-state index in [1.807, 2.05) is 56.3 Å². The summed E-state index contributed by atoms with van der Waals surface area (Å²) < 4.78 is 5.87. The summed E-state index contributed by atoms with van der Waals surface area (Å²) in [5.41, 5.74) is 3.15. The lowest BCUT2D eigenvalue weighted by atomic mass is 10.2. The van der Waals surface area contributed by atoms with Crippen LogP contribution in [0.3, 0.4) is 0 Å². The SMILES string of the molecule is Cc1cccc2[nH]c([C@H](C)Oc3ccccc3Cl)nc12. The van der Waals surface area contributed by atoms with E-state index in [0.29, 0.717) is 10.8 Å². The van der Waals surface area contributed by atoms with Crippen LogP contribution in [0.2, 0.25) is 5.02 Å². The van der Waals surface area contributed by atoms with Gasteiger partial charge in [-0.05, 0) is 37.6 Å². The van der Waals surface area contributed by atoms with Crippen LogP contribution < -0.4 is 4.74 Å². The van der Waals surface area contributed by atoms with Crippen molar-refractivity contribution in [2.24, 2.45) is 0 Å². The Morgan fingerprint density at radius 3 is 2.70 bits per heavy atom. The number of rotatable bonds is 3. The number of para-hydroxylation sites is 2. The van der Waals surface area contributed by atoms with Crippen LogP contribution in [0.4, 0.5) is 0 Å². The van der Waals surface area contributed by atoms with Crippen LogP contribution >= 0.6 is 11.6 Å². The quantitative estimate of drug-likeness (QED) is 0.760. The molecule has 0 spiro atoms. The molecule has 1 heterocycles. The van der Waals surface area contributed by atoms with E-state index in [4.69, 9.17) is 16.3 Å². The third kappa shape index (κ3) is 2.37. The molecule has 3 aromatic rings. The van der Waals surface area contributed by atoms with Gasteiger partial charge < -0.3 is 9.72 Å². The zero-order valence-electron chi connectivity index (χ0n) is 11.4. The van der Waals surface area contributed by atoms with Gasteiger partial charge in [0, 0.05) is 0 Å². The smallest absolute Gasteiger partial charge is 0.153 e. The van der Waals surface area contributed by atoms with E-state index in [1.165, 1.54) is 0 Å². The molecule has 1 atom stereocenters. The Morgan fingerprint density at radius 1 is 1.15 bits per heavy atom. The molecule has 1 aromatic heterocycles. The number of nitrogens with zero attached hydrogens (tertiary/aromatic N) is 1. The first-order chi connectivity index (χ1) is 9.65. The number of nitrogens with one attached hydrogen (secondary N) is 1. The summed E-state index contributed by atoms with van der Waals surface area (Å²) in [5.74, 6) is 1.47. The first-order valence-corrected chi connectivity index (χ1v) is 6.89.